The van der Waals surface area contributed by atoms with Crippen LogP contribution in [-0.4, -0.2) is 45.6 Å². The van der Waals surface area contributed by atoms with Gasteiger partial charge in [0.05, 0.1) is 17.0 Å². The molecule has 1 atom stereocenters. The zero-order chi connectivity index (χ0) is 25.1. The fourth-order valence-corrected chi connectivity index (χ4v) is 4.72. The summed E-state index contributed by atoms with van der Waals surface area (Å²) in [5.74, 6) is 2.06. The highest BCUT2D eigenvalue weighted by Gasteiger charge is 2.33. The maximum absolute atomic E-state index is 13.4. The zero-order valence-corrected chi connectivity index (χ0v) is 19.1. The van der Waals surface area contributed by atoms with E-state index in [1.165, 1.54) is 18.2 Å². The van der Waals surface area contributed by atoms with Crippen LogP contribution < -0.4 is 10.5 Å². The average Bonchev–Trinajstić information content (AvgIpc) is 2.87. The van der Waals surface area contributed by atoms with E-state index < -0.39 is 16.2 Å². The number of piperazine rings is 1. The van der Waals surface area contributed by atoms with Gasteiger partial charge < -0.3 is 4.90 Å². The first kappa shape index (κ1) is 23.9. The summed E-state index contributed by atoms with van der Waals surface area (Å²) in [5.41, 5.74) is 0.319. The van der Waals surface area contributed by atoms with Crippen LogP contribution in [0.3, 0.4) is 0 Å². The number of benzene rings is 1. The molecule has 35 heavy (non-hydrogen) atoms. The maximum Gasteiger partial charge on any atom is 0.359 e. The molecule has 0 bridgehead atoms. The number of nitrogens with zero attached hydrogens (tertiary/aromatic N) is 6. The summed E-state index contributed by atoms with van der Waals surface area (Å²) in [6.45, 7) is 3.85. The lowest BCUT2D eigenvalue weighted by atomic mass is 10.0. The Morgan fingerprint density at radius 1 is 1.20 bits per heavy atom. The Kier molecular flexibility index (Phi) is 6.76. The molecule has 1 saturated heterocycles. The van der Waals surface area contributed by atoms with Gasteiger partial charge in [0.15, 0.2) is 5.69 Å². The quantitative estimate of drug-likeness (QED) is 0.307. The van der Waals surface area contributed by atoms with Crippen LogP contribution in [0.5, 0.6) is 0 Å². The molecule has 0 aliphatic carbocycles. The van der Waals surface area contributed by atoms with Crippen molar-refractivity contribution >= 4 is 22.4 Å². The Bertz CT molecular complexity index is 1410. The number of nitro groups is 1. The molecule has 10 heteroatoms. The van der Waals surface area contributed by atoms with E-state index in [1.807, 2.05) is 6.07 Å². The van der Waals surface area contributed by atoms with Gasteiger partial charge in [-0.15, -0.1) is 6.42 Å². The van der Waals surface area contributed by atoms with Crippen LogP contribution in [0.2, 0.25) is 0 Å². The van der Waals surface area contributed by atoms with Crippen molar-refractivity contribution in [2.45, 2.75) is 25.9 Å². The Labute approximate surface area is 201 Å². The fourth-order valence-electron chi connectivity index (χ4n) is 4.72. The standard InChI is InChI=1S/C25H23FN6O3/c1-3-11-31-21-10-9-19(16-27)28-22(21)23(24(25(31)33)32(34)35)30-14-12-29(13-15-30)20(4-2)17-5-7-18(26)8-6-17/h1,5-10,20H,4,11-15H2,2H3/t20-/m1/s1. The topological polar surface area (TPSA) is 108 Å². The Balaban J connectivity index is 1.75. The lowest BCUT2D eigenvalue weighted by molar-refractivity contribution is -0.385. The summed E-state index contributed by atoms with van der Waals surface area (Å²) >= 11 is 0. The molecule has 2 aromatic heterocycles. The molecule has 0 unspecified atom stereocenters. The third-order valence-corrected chi connectivity index (χ3v) is 6.32. The van der Waals surface area contributed by atoms with Crippen LogP contribution in [0.15, 0.2) is 41.2 Å². The van der Waals surface area contributed by atoms with Crippen LogP contribution >= 0.6 is 0 Å². The van der Waals surface area contributed by atoms with Gasteiger partial charge >= 0.3 is 11.2 Å². The predicted molar refractivity (Wildman–Crippen MR) is 129 cm³/mol. The second-order valence-corrected chi connectivity index (χ2v) is 8.22. The number of halogens is 1. The number of aromatic nitrogens is 2. The molecule has 1 fully saturated rings. The summed E-state index contributed by atoms with van der Waals surface area (Å²) < 4.78 is 14.5. The molecule has 9 nitrogen and oxygen atoms in total. The molecule has 4 rings (SSSR count). The van der Waals surface area contributed by atoms with E-state index in [-0.39, 0.29) is 35.3 Å². The van der Waals surface area contributed by atoms with Gasteiger partial charge in [-0.2, -0.15) is 5.26 Å². The largest absolute Gasteiger partial charge is 0.361 e. The molecule has 1 aliphatic rings. The Hall–Kier alpha value is -4.28. The summed E-state index contributed by atoms with van der Waals surface area (Å²) in [6, 6.07) is 11.4. The Morgan fingerprint density at radius 2 is 1.89 bits per heavy atom. The molecular weight excluding hydrogens is 451 g/mol. The van der Waals surface area contributed by atoms with E-state index in [4.69, 9.17) is 6.42 Å². The number of anilines is 1. The fraction of sp³-hybridized carbons (Fsp3) is 0.320. The van der Waals surface area contributed by atoms with E-state index in [0.717, 1.165) is 16.6 Å². The normalized spacial score (nSPS) is 14.9. The van der Waals surface area contributed by atoms with Gasteiger partial charge in [0.25, 0.3) is 0 Å². The first-order valence-electron chi connectivity index (χ1n) is 11.2. The minimum atomic E-state index is -0.804. The van der Waals surface area contributed by atoms with Crippen molar-refractivity contribution in [3.63, 3.8) is 0 Å². The molecule has 0 amide bonds. The van der Waals surface area contributed by atoms with Gasteiger partial charge in [0.2, 0.25) is 0 Å². The maximum atomic E-state index is 13.4. The third kappa shape index (κ3) is 4.44. The molecule has 1 aliphatic heterocycles. The molecule has 178 valence electrons. The van der Waals surface area contributed by atoms with Crippen LogP contribution in [0.1, 0.15) is 30.6 Å². The van der Waals surface area contributed by atoms with Crippen LogP contribution in [0.25, 0.3) is 11.0 Å². The van der Waals surface area contributed by atoms with Crippen molar-refractivity contribution in [1.82, 2.24) is 14.5 Å². The monoisotopic (exact) mass is 474 g/mol. The first-order valence-corrected chi connectivity index (χ1v) is 11.2. The molecule has 0 radical (unpaired) electrons. The first-order chi connectivity index (χ1) is 16.9. The lowest BCUT2D eigenvalue weighted by Gasteiger charge is -2.40. The van der Waals surface area contributed by atoms with E-state index in [2.05, 4.69) is 22.7 Å². The van der Waals surface area contributed by atoms with Gasteiger partial charge in [-0.05, 0) is 36.2 Å². The van der Waals surface area contributed by atoms with Gasteiger partial charge in [-0.1, -0.05) is 25.0 Å². The smallest absolute Gasteiger partial charge is 0.359 e. The van der Waals surface area contributed by atoms with E-state index in [1.54, 1.807) is 23.1 Å². The van der Waals surface area contributed by atoms with Gasteiger partial charge in [0.1, 0.15) is 23.1 Å². The van der Waals surface area contributed by atoms with Crippen molar-refractivity contribution in [2.75, 3.05) is 31.1 Å². The van der Waals surface area contributed by atoms with Gasteiger partial charge in [0, 0.05) is 32.2 Å². The number of fused-ring (bicyclic) bond motifs is 1. The van der Waals surface area contributed by atoms with Crippen LogP contribution in [0.4, 0.5) is 15.8 Å². The Morgan fingerprint density at radius 3 is 2.46 bits per heavy atom. The van der Waals surface area contributed by atoms with Crippen LogP contribution in [0, 0.1) is 39.6 Å². The highest BCUT2D eigenvalue weighted by Crippen LogP contribution is 2.34. The minimum absolute atomic E-state index is 0.0661. The SMILES string of the molecule is C#CCn1c(=O)c([N+](=O)[O-])c(N2CCN([C@H](CC)c3ccc(F)cc3)CC2)c2nc(C#N)ccc21. The average molecular weight is 474 g/mol. The molecular formula is C25H23FN6O3. The molecule has 0 spiro atoms. The third-order valence-electron chi connectivity index (χ3n) is 6.32. The van der Waals surface area contributed by atoms with E-state index in [9.17, 15) is 24.6 Å². The molecule has 3 aromatic rings. The molecule has 3 heterocycles. The number of hydrogen-bond acceptors (Lipinski definition) is 7. The number of pyridine rings is 2. The zero-order valence-electron chi connectivity index (χ0n) is 19.1. The minimum Gasteiger partial charge on any atom is -0.361 e. The van der Waals surface area contributed by atoms with Gasteiger partial charge in [-0.3, -0.25) is 24.4 Å². The molecule has 1 aromatic carbocycles. The van der Waals surface area contributed by atoms with E-state index in [0.29, 0.717) is 31.7 Å². The van der Waals surface area contributed by atoms with Crippen molar-refractivity contribution in [2.24, 2.45) is 0 Å². The van der Waals surface area contributed by atoms with Crippen molar-refractivity contribution in [3.8, 4) is 18.4 Å². The van der Waals surface area contributed by atoms with Crippen LogP contribution in [-0.2, 0) is 6.54 Å². The van der Waals surface area contributed by atoms with Crippen molar-refractivity contribution in [1.29, 1.82) is 5.26 Å². The highest BCUT2D eigenvalue weighted by atomic mass is 19.1. The predicted octanol–water partition coefficient (Wildman–Crippen LogP) is 3.22. The summed E-state index contributed by atoms with van der Waals surface area (Å²) in [4.78, 5) is 32.8. The summed E-state index contributed by atoms with van der Waals surface area (Å²) in [5, 5.41) is 21.4. The number of rotatable bonds is 6. The van der Waals surface area contributed by atoms with Gasteiger partial charge in [-0.25, -0.2) is 9.37 Å². The second kappa shape index (κ2) is 9.92. The van der Waals surface area contributed by atoms with Crippen molar-refractivity contribution < 1.29 is 9.31 Å². The second-order valence-electron chi connectivity index (χ2n) is 8.22. The summed E-state index contributed by atoms with van der Waals surface area (Å²) in [7, 11) is 0. The molecule has 0 saturated carbocycles. The van der Waals surface area contributed by atoms with E-state index >= 15 is 0 Å². The molecule has 0 N–H and O–H groups in total. The highest BCUT2D eigenvalue weighted by molar-refractivity contribution is 5.94. The number of terminal acetylenes is 1. The number of hydrogen-bond donors (Lipinski definition) is 0. The van der Waals surface area contributed by atoms with Crippen molar-refractivity contribution in [3.05, 3.63) is 73.9 Å². The lowest BCUT2D eigenvalue weighted by Crippen LogP contribution is -2.48. The number of nitriles is 1. The summed E-state index contributed by atoms with van der Waals surface area (Å²) in [6.07, 6.45) is 6.22.